The van der Waals surface area contributed by atoms with Gasteiger partial charge < -0.3 is 25.3 Å². The summed E-state index contributed by atoms with van der Waals surface area (Å²) >= 11 is 0. The molecule has 3 N–H and O–H groups in total. The van der Waals surface area contributed by atoms with Crippen molar-refractivity contribution in [3.8, 4) is 11.5 Å². The predicted octanol–water partition coefficient (Wildman–Crippen LogP) is 1.01. The van der Waals surface area contributed by atoms with Gasteiger partial charge in [0.15, 0.2) is 5.96 Å². The van der Waals surface area contributed by atoms with Crippen LogP contribution in [0.1, 0.15) is 6.92 Å². The maximum Gasteiger partial charge on any atom is 0.188 e. The third kappa shape index (κ3) is 6.29. The molecule has 1 rings (SSSR count). The van der Waals surface area contributed by atoms with Gasteiger partial charge in [-0.2, -0.15) is 0 Å². The van der Waals surface area contributed by atoms with Gasteiger partial charge in [-0.3, -0.25) is 0 Å². The molecule has 1 atom stereocenters. The smallest absolute Gasteiger partial charge is 0.188 e. The average Bonchev–Trinajstić information content (AvgIpc) is 2.44. The first kappa shape index (κ1) is 16.1. The molecule has 0 aliphatic carbocycles. The van der Waals surface area contributed by atoms with Gasteiger partial charge in [-0.15, -0.1) is 0 Å². The summed E-state index contributed by atoms with van der Waals surface area (Å²) in [5, 5.41) is 3.02. The number of rotatable bonds is 8. The standard InChI is InChI=1S/C14H23N3O3/c1-11(10-18-2)17-14(15)16-7-8-20-13-6-4-5-12(9-13)19-3/h4-6,9,11H,7-8,10H2,1-3H3,(H3,15,16,17). The molecule has 112 valence electrons. The van der Waals surface area contributed by atoms with Crippen LogP contribution in [0.25, 0.3) is 0 Å². The van der Waals surface area contributed by atoms with E-state index < -0.39 is 0 Å². The van der Waals surface area contributed by atoms with Gasteiger partial charge >= 0.3 is 0 Å². The summed E-state index contributed by atoms with van der Waals surface area (Å²) in [5.74, 6) is 1.91. The monoisotopic (exact) mass is 281 g/mol. The zero-order valence-electron chi connectivity index (χ0n) is 12.3. The molecule has 0 aliphatic heterocycles. The Morgan fingerprint density at radius 2 is 2.10 bits per heavy atom. The highest BCUT2D eigenvalue weighted by molar-refractivity contribution is 5.78. The van der Waals surface area contributed by atoms with Gasteiger partial charge in [0.05, 0.1) is 20.3 Å². The topological polar surface area (TPSA) is 78.1 Å². The Hall–Kier alpha value is -1.95. The first-order chi connectivity index (χ1) is 9.65. The van der Waals surface area contributed by atoms with Crippen LogP contribution in [0, 0.1) is 0 Å². The molecule has 0 saturated carbocycles. The van der Waals surface area contributed by atoms with Crippen LogP contribution in [-0.4, -0.2) is 46.0 Å². The van der Waals surface area contributed by atoms with Crippen molar-refractivity contribution < 1.29 is 14.2 Å². The van der Waals surface area contributed by atoms with Crippen molar-refractivity contribution in [2.75, 3.05) is 34.0 Å². The Morgan fingerprint density at radius 1 is 1.35 bits per heavy atom. The molecular weight excluding hydrogens is 258 g/mol. The van der Waals surface area contributed by atoms with Gasteiger partial charge in [0.2, 0.25) is 0 Å². The fraction of sp³-hybridized carbons (Fsp3) is 0.500. The predicted molar refractivity (Wildman–Crippen MR) is 79.5 cm³/mol. The molecule has 0 bridgehead atoms. The zero-order valence-corrected chi connectivity index (χ0v) is 12.3. The molecule has 1 unspecified atom stereocenters. The third-order valence-corrected chi connectivity index (χ3v) is 2.49. The second kappa shape index (κ2) is 9.03. The number of nitrogens with one attached hydrogen (secondary N) is 1. The number of ether oxygens (including phenoxy) is 3. The SMILES string of the molecule is COCC(C)NC(N)=NCCOc1cccc(OC)c1. The summed E-state index contributed by atoms with van der Waals surface area (Å²) in [6.45, 7) is 3.49. The summed E-state index contributed by atoms with van der Waals surface area (Å²) in [4.78, 5) is 4.18. The Bertz CT molecular complexity index is 424. The van der Waals surface area contributed by atoms with Gasteiger partial charge in [0.1, 0.15) is 18.1 Å². The number of hydrogen-bond donors (Lipinski definition) is 2. The summed E-state index contributed by atoms with van der Waals surface area (Å²) < 4.78 is 15.7. The van der Waals surface area contributed by atoms with E-state index in [-0.39, 0.29) is 6.04 Å². The van der Waals surface area contributed by atoms with Crippen LogP contribution in [0.3, 0.4) is 0 Å². The normalized spacial score (nSPS) is 12.8. The highest BCUT2D eigenvalue weighted by Gasteiger charge is 2.01. The lowest BCUT2D eigenvalue weighted by molar-refractivity contribution is 0.179. The van der Waals surface area contributed by atoms with E-state index in [0.717, 1.165) is 11.5 Å². The molecule has 0 aliphatic rings. The van der Waals surface area contributed by atoms with Crippen LogP contribution < -0.4 is 20.5 Å². The molecule has 0 radical (unpaired) electrons. The maximum absolute atomic E-state index is 5.74. The van der Waals surface area contributed by atoms with Crippen LogP contribution in [0.5, 0.6) is 11.5 Å². The Morgan fingerprint density at radius 3 is 2.80 bits per heavy atom. The van der Waals surface area contributed by atoms with Crippen LogP contribution in [0.2, 0.25) is 0 Å². The van der Waals surface area contributed by atoms with Crippen LogP contribution in [0.4, 0.5) is 0 Å². The van der Waals surface area contributed by atoms with E-state index in [9.17, 15) is 0 Å². The number of nitrogens with zero attached hydrogens (tertiary/aromatic N) is 1. The third-order valence-electron chi connectivity index (χ3n) is 2.49. The van der Waals surface area contributed by atoms with E-state index >= 15 is 0 Å². The lowest BCUT2D eigenvalue weighted by atomic mass is 10.3. The second-order valence-corrected chi connectivity index (χ2v) is 4.30. The quantitative estimate of drug-likeness (QED) is 0.422. The Labute approximate surface area is 119 Å². The number of guanidine groups is 1. The second-order valence-electron chi connectivity index (χ2n) is 4.30. The molecule has 20 heavy (non-hydrogen) atoms. The lowest BCUT2D eigenvalue weighted by Gasteiger charge is -2.13. The van der Waals surface area contributed by atoms with Gasteiger partial charge in [-0.25, -0.2) is 4.99 Å². The van der Waals surface area contributed by atoms with E-state index in [1.807, 2.05) is 31.2 Å². The molecule has 1 aromatic carbocycles. The van der Waals surface area contributed by atoms with E-state index in [1.54, 1.807) is 14.2 Å². The molecule has 0 heterocycles. The van der Waals surface area contributed by atoms with E-state index in [2.05, 4.69) is 10.3 Å². The minimum atomic E-state index is 0.128. The Kier molecular flexibility index (Phi) is 7.27. The number of aliphatic imine (C=N–C) groups is 1. The van der Waals surface area contributed by atoms with Crippen LogP contribution in [0.15, 0.2) is 29.3 Å². The van der Waals surface area contributed by atoms with E-state index in [1.165, 1.54) is 0 Å². The van der Waals surface area contributed by atoms with Crippen LogP contribution >= 0.6 is 0 Å². The highest BCUT2D eigenvalue weighted by atomic mass is 16.5. The Balaban J connectivity index is 2.29. The minimum Gasteiger partial charge on any atom is -0.497 e. The number of methoxy groups -OCH3 is 2. The molecule has 1 aromatic rings. The summed E-state index contributed by atoms with van der Waals surface area (Å²) in [6, 6.07) is 7.56. The zero-order chi connectivity index (χ0) is 14.8. The maximum atomic E-state index is 5.74. The largest absolute Gasteiger partial charge is 0.497 e. The van der Waals surface area contributed by atoms with Gasteiger partial charge in [-0.05, 0) is 19.1 Å². The number of nitrogens with two attached hydrogens (primary N) is 1. The van der Waals surface area contributed by atoms with Gasteiger partial charge in [0, 0.05) is 19.2 Å². The van der Waals surface area contributed by atoms with Crippen molar-refractivity contribution in [2.45, 2.75) is 13.0 Å². The van der Waals surface area contributed by atoms with Crippen molar-refractivity contribution in [3.05, 3.63) is 24.3 Å². The first-order valence-electron chi connectivity index (χ1n) is 6.48. The van der Waals surface area contributed by atoms with Gasteiger partial charge in [-0.1, -0.05) is 6.07 Å². The molecule has 6 heteroatoms. The molecule has 0 spiro atoms. The fourth-order valence-electron chi connectivity index (χ4n) is 1.61. The van der Waals surface area contributed by atoms with Crippen molar-refractivity contribution >= 4 is 5.96 Å². The molecule has 0 amide bonds. The lowest BCUT2D eigenvalue weighted by Crippen LogP contribution is -2.40. The molecule has 6 nitrogen and oxygen atoms in total. The van der Waals surface area contributed by atoms with E-state index in [0.29, 0.717) is 25.7 Å². The van der Waals surface area contributed by atoms with Crippen LogP contribution in [-0.2, 0) is 4.74 Å². The average molecular weight is 281 g/mol. The summed E-state index contributed by atoms with van der Waals surface area (Å²) in [7, 11) is 3.27. The van der Waals surface area contributed by atoms with E-state index in [4.69, 9.17) is 19.9 Å². The highest BCUT2D eigenvalue weighted by Crippen LogP contribution is 2.18. The fourth-order valence-corrected chi connectivity index (χ4v) is 1.61. The number of benzene rings is 1. The molecule has 0 fully saturated rings. The molecule has 0 aromatic heterocycles. The first-order valence-corrected chi connectivity index (χ1v) is 6.48. The van der Waals surface area contributed by atoms with Crippen molar-refractivity contribution in [2.24, 2.45) is 10.7 Å². The van der Waals surface area contributed by atoms with Crippen molar-refractivity contribution in [1.29, 1.82) is 0 Å². The van der Waals surface area contributed by atoms with Gasteiger partial charge in [0.25, 0.3) is 0 Å². The number of hydrogen-bond acceptors (Lipinski definition) is 4. The summed E-state index contributed by atoms with van der Waals surface area (Å²) in [5.41, 5.74) is 5.74. The summed E-state index contributed by atoms with van der Waals surface area (Å²) in [6.07, 6.45) is 0. The molecular formula is C14H23N3O3. The minimum absolute atomic E-state index is 0.128. The van der Waals surface area contributed by atoms with Crippen molar-refractivity contribution in [3.63, 3.8) is 0 Å². The molecule has 0 saturated heterocycles. The van der Waals surface area contributed by atoms with Crippen molar-refractivity contribution in [1.82, 2.24) is 5.32 Å².